The molecule has 0 heterocycles. The second-order valence-electron chi connectivity index (χ2n) is 7.67. The Balaban J connectivity index is 2.96. The van der Waals surface area contributed by atoms with Gasteiger partial charge in [0.1, 0.15) is 0 Å². The van der Waals surface area contributed by atoms with Crippen molar-refractivity contribution in [2.45, 2.75) is 60.8 Å². The molecule has 1 aliphatic carbocycles. The van der Waals surface area contributed by atoms with Gasteiger partial charge in [-0.1, -0.05) is 53.2 Å². The third kappa shape index (κ3) is 4.40. The Hall–Kier alpha value is -0.920. The molecule has 1 aliphatic rings. The molecule has 0 saturated heterocycles. The van der Waals surface area contributed by atoms with Gasteiger partial charge in [0.2, 0.25) is 0 Å². The lowest BCUT2D eigenvalue weighted by molar-refractivity contribution is 0.192. The summed E-state index contributed by atoms with van der Waals surface area (Å²) in [6, 6.07) is 0. The van der Waals surface area contributed by atoms with Crippen molar-refractivity contribution in [2.24, 2.45) is 21.9 Å². The lowest BCUT2D eigenvalue weighted by Crippen LogP contribution is -2.27. The first-order valence-electron chi connectivity index (χ1n) is 6.86. The highest BCUT2D eigenvalue weighted by molar-refractivity contribution is 5.26. The van der Waals surface area contributed by atoms with Crippen LogP contribution in [-0.2, 0) is 0 Å². The first-order chi connectivity index (χ1) is 8.13. The first-order valence-corrected chi connectivity index (χ1v) is 6.86. The van der Waals surface area contributed by atoms with E-state index in [0.29, 0.717) is 17.0 Å². The Labute approximate surface area is 112 Å². The van der Waals surface area contributed by atoms with E-state index in [2.05, 4.69) is 52.8 Å². The van der Waals surface area contributed by atoms with Crippen molar-refractivity contribution >= 4 is 0 Å². The summed E-state index contributed by atoms with van der Waals surface area (Å²) in [5.41, 5.74) is 2.75. The molecule has 0 N–H and O–H groups in total. The van der Waals surface area contributed by atoms with E-state index in [9.17, 15) is 4.91 Å². The highest BCUT2D eigenvalue weighted by Gasteiger charge is 2.32. The lowest BCUT2D eigenvalue weighted by Gasteiger charge is -2.38. The van der Waals surface area contributed by atoms with Crippen LogP contribution in [0.5, 0.6) is 0 Å². The monoisotopic (exact) mass is 249 g/mol. The quantitative estimate of drug-likeness (QED) is 0.611. The summed E-state index contributed by atoms with van der Waals surface area (Å²) in [6.07, 6.45) is 6.98. The SMILES string of the molecule is CC(C)(C)CC(C1=CC=C(N=O)CC1)C(C)(C)C. The molecule has 102 valence electrons. The van der Waals surface area contributed by atoms with E-state index in [4.69, 9.17) is 0 Å². The predicted octanol–water partition coefficient (Wildman–Crippen LogP) is 5.46. The fourth-order valence-electron chi connectivity index (χ4n) is 2.61. The molecule has 0 aromatic heterocycles. The van der Waals surface area contributed by atoms with Gasteiger partial charge in [-0.05, 0) is 47.3 Å². The average Bonchev–Trinajstić information content (AvgIpc) is 2.24. The van der Waals surface area contributed by atoms with Gasteiger partial charge in [0.05, 0.1) is 5.70 Å². The molecule has 1 atom stereocenters. The van der Waals surface area contributed by atoms with Crippen LogP contribution in [0.4, 0.5) is 0 Å². The number of nitrogens with zero attached hydrogens (tertiary/aromatic N) is 1. The largest absolute Gasteiger partial charge is 0.145 e. The van der Waals surface area contributed by atoms with Crippen molar-refractivity contribution in [1.82, 2.24) is 0 Å². The van der Waals surface area contributed by atoms with Gasteiger partial charge < -0.3 is 0 Å². The maximum atomic E-state index is 10.5. The Morgan fingerprint density at radius 1 is 1.11 bits per heavy atom. The van der Waals surface area contributed by atoms with Gasteiger partial charge >= 0.3 is 0 Å². The van der Waals surface area contributed by atoms with Gasteiger partial charge in [-0.25, -0.2) is 0 Å². The summed E-state index contributed by atoms with van der Waals surface area (Å²) in [4.78, 5) is 10.5. The Morgan fingerprint density at radius 3 is 2.06 bits per heavy atom. The molecule has 2 nitrogen and oxygen atoms in total. The number of hydrogen-bond acceptors (Lipinski definition) is 2. The molecule has 0 amide bonds. The van der Waals surface area contributed by atoms with Crippen LogP contribution in [0.15, 0.2) is 28.6 Å². The van der Waals surface area contributed by atoms with E-state index < -0.39 is 0 Å². The molecule has 0 radical (unpaired) electrons. The molecule has 0 bridgehead atoms. The zero-order chi connectivity index (χ0) is 14.0. The summed E-state index contributed by atoms with van der Waals surface area (Å²) in [6.45, 7) is 13.8. The molecule has 0 fully saturated rings. The predicted molar refractivity (Wildman–Crippen MR) is 78.2 cm³/mol. The van der Waals surface area contributed by atoms with Crippen LogP contribution in [0.2, 0.25) is 0 Å². The number of rotatable bonds is 3. The third-order valence-corrected chi connectivity index (χ3v) is 3.59. The van der Waals surface area contributed by atoms with Crippen LogP contribution in [0.25, 0.3) is 0 Å². The summed E-state index contributed by atoms with van der Waals surface area (Å²) in [7, 11) is 0. The molecule has 0 aromatic rings. The molecule has 2 heteroatoms. The normalized spacial score (nSPS) is 19.0. The molecule has 0 aliphatic heterocycles. The van der Waals surface area contributed by atoms with Gasteiger partial charge in [0, 0.05) is 0 Å². The Kier molecular flexibility index (Phi) is 4.52. The summed E-state index contributed by atoms with van der Waals surface area (Å²) < 4.78 is 0. The molecule has 0 spiro atoms. The molecular formula is C16H27NO. The summed E-state index contributed by atoms with van der Waals surface area (Å²) in [5, 5.41) is 3.04. The topological polar surface area (TPSA) is 29.4 Å². The van der Waals surface area contributed by atoms with Crippen LogP contribution >= 0.6 is 0 Å². The number of hydrogen-bond donors (Lipinski definition) is 0. The van der Waals surface area contributed by atoms with Crippen molar-refractivity contribution < 1.29 is 0 Å². The van der Waals surface area contributed by atoms with Crippen molar-refractivity contribution in [3.8, 4) is 0 Å². The highest BCUT2D eigenvalue weighted by Crippen LogP contribution is 2.43. The minimum atomic E-state index is 0.263. The van der Waals surface area contributed by atoms with Crippen LogP contribution in [-0.4, -0.2) is 0 Å². The van der Waals surface area contributed by atoms with E-state index >= 15 is 0 Å². The van der Waals surface area contributed by atoms with E-state index in [0.717, 1.165) is 12.8 Å². The third-order valence-electron chi connectivity index (χ3n) is 3.59. The maximum Gasteiger partial charge on any atom is 0.0852 e. The fraction of sp³-hybridized carbons (Fsp3) is 0.750. The van der Waals surface area contributed by atoms with E-state index in [1.807, 2.05) is 6.08 Å². The Bertz CT molecular complexity index is 364. The summed E-state index contributed by atoms with van der Waals surface area (Å²) in [5.74, 6) is 0.571. The smallest absolute Gasteiger partial charge is 0.0852 e. The molecular weight excluding hydrogens is 222 g/mol. The van der Waals surface area contributed by atoms with Crippen molar-refractivity contribution in [2.75, 3.05) is 0 Å². The second-order valence-corrected chi connectivity index (χ2v) is 7.67. The van der Waals surface area contributed by atoms with Gasteiger partial charge in [0.15, 0.2) is 0 Å². The van der Waals surface area contributed by atoms with Crippen LogP contribution in [0.1, 0.15) is 60.8 Å². The van der Waals surface area contributed by atoms with E-state index in [1.54, 1.807) is 0 Å². The standard InChI is InChI=1S/C16H27NO/c1-15(2,3)11-14(16(4,5)6)12-7-9-13(17-18)10-8-12/h7,9,14H,8,10-11H2,1-6H3. The van der Waals surface area contributed by atoms with Crippen LogP contribution < -0.4 is 0 Å². The minimum absolute atomic E-state index is 0.263. The molecule has 1 rings (SSSR count). The molecule has 18 heavy (non-hydrogen) atoms. The second kappa shape index (κ2) is 5.38. The van der Waals surface area contributed by atoms with Crippen molar-refractivity contribution in [3.63, 3.8) is 0 Å². The average molecular weight is 249 g/mol. The number of nitroso groups, excluding NO2 is 1. The fourth-order valence-corrected chi connectivity index (χ4v) is 2.61. The van der Waals surface area contributed by atoms with Gasteiger partial charge in [-0.3, -0.25) is 0 Å². The summed E-state index contributed by atoms with van der Waals surface area (Å²) >= 11 is 0. The van der Waals surface area contributed by atoms with E-state index in [1.165, 1.54) is 12.0 Å². The van der Waals surface area contributed by atoms with Crippen molar-refractivity contribution in [3.05, 3.63) is 28.3 Å². The zero-order valence-corrected chi connectivity index (χ0v) is 12.7. The van der Waals surface area contributed by atoms with Gasteiger partial charge in [-0.2, -0.15) is 0 Å². The van der Waals surface area contributed by atoms with E-state index in [-0.39, 0.29) is 5.41 Å². The molecule has 0 saturated carbocycles. The van der Waals surface area contributed by atoms with Crippen LogP contribution in [0.3, 0.4) is 0 Å². The van der Waals surface area contributed by atoms with Crippen LogP contribution in [0, 0.1) is 21.7 Å². The first kappa shape index (κ1) is 15.1. The Morgan fingerprint density at radius 2 is 1.72 bits per heavy atom. The maximum absolute atomic E-state index is 10.5. The lowest BCUT2D eigenvalue weighted by atomic mass is 9.67. The zero-order valence-electron chi connectivity index (χ0n) is 12.7. The molecule has 0 aromatic carbocycles. The molecule has 1 unspecified atom stereocenters. The highest BCUT2D eigenvalue weighted by atomic mass is 16.3. The minimum Gasteiger partial charge on any atom is -0.145 e. The number of allylic oxidation sites excluding steroid dienone is 4. The van der Waals surface area contributed by atoms with Crippen molar-refractivity contribution in [1.29, 1.82) is 0 Å². The van der Waals surface area contributed by atoms with Gasteiger partial charge in [-0.15, -0.1) is 4.91 Å². The van der Waals surface area contributed by atoms with Gasteiger partial charge in [0.25, 0.3) is 0 Å².